The Morgan fingerprint density at radius 3 is 1.79 bits per heavy atom. The van der Waals surface area contributed by atoms with Gasteiger partial charge in [-0.2, -0.15) is 0 Å². The largest absolute Gasteiger partial charge is 0.456 e. The lowest BCUT2D eigenvalue weighted by Crippen LogP contribution is -1.97. The van der Waals surface area contributed by atoms with E-state index < -0.39 is 0 Å². The molecule has 0 amide bonds. The number of rotatable bonds is 6. The number of para-hydroxylation sites is 1. The molecule has 10 aromatic carbocycles. The summed E-state index contributed by atoms with van der Waals surface area (Å²) in [6.07, 6.45) is 0. The van der Waals surface area contributed by atoms with E-state index in [1.165, 1.54) is 37.9 Å². The molecular weight excluding hydrogens is 741 g/mol. The predicted octanol–water partition coefficient (Wildman–Crippen LogP) is 15.8. The van der Waals surface area contributed by atoms with E-state index in [1.54, 1.807) is 0 Å². The number of furan rings is 1. The molecule has 284 valence electrons. The smallest absolute Gasteiger partial charge is 0.160 e. The van der Waals surface area contributed by atoms with Crippen LogP contribution in [-0.4, -0.2) is 9.97 Å². The first-order chi connectivity index (χ1) is 30.2. The molecule has 0 aliphatic carbocycles. The van der Waals surface area contributed by atoms with E-state index in [2.05, 4.69) is 206 Å². The minimum Gasteiger partial charge on any atom is -0.456 e. The summed E-state index contributed by atoms with van der Waals surface area (Å²) in [6.45, 7) is 0. The van der Waals surface area contributed by atoms with Crippen molar-refractivity contribution >= 4 is 54.3 Å². The molecule has 0 aliphatic rings. The summed E-state index contributed by atoms with van der Waals surface area (Å²) < 4.78 is 6.20. The lowest BCUT2D eigenvalue weighted by molar-refractivity contribution is 0.669. The molecule has 2 heterocycles. The fourth-order valence-electron chi connectivity index (χ4n) is 9.12. The van der Waals surface area contributed by atoms with E-state index >= 15 is 0 Å². The average Bonchev–Trinajstić information content (AvgIpc) is 3.71. The van der Waals surface area contributed by atoms with Crippen molar-refractivity contribution < 1.29 is 4.42 Å². The predicted molar refractivity (Wildman–Crippen MR) is 254 cm³/mol. The van der Waals surface area contributed by atoms with Crippen molar-refractivity contribution in [2.45, 2.75) is 0 Å². The fraction of sp³-hybridized carbons (Fsp3) is 0. The van der Waals surface area contributed by atoms with Crippen LogP contribution in [0.5, 0.6) is 0 Å². The Morgan fingerprint density at radius 2 is 0.918 bits per heavy atom. The SMILES string of the molecule is c1ccc(-c2cccc(-c3cc(-c4ccccc4-c4ccc5oc6ccccc6c5c4)nc(-c4ccc(-c5c6ccccc6cc6c5ccc5ccccc56)cc4)n3)c2)cc1. The van der Waals surface area contributed by atoms with Crippen molar-refractivity contribution in [1.29, 1.82) is 0 Å². The first kappa shape index (κ1) is 34.9. The molecule has 0 saturated carbocycles. The third-order valence-corrected chi connectivity index (χ3v) is 12.1. The summed E-state index contributed by atoms with van der Waals surface area (Å²) in [7, 11) is 0. The maximum atomic E-state index is 6.20. The highest BCUT2D eigenvalue weighted by atomic mass is 16.3. The summed E-state index contributed by atoms with van der Waals surface area (Å²) >= 11 is 0. The minimum atomic E-state index is 0.670. The van der Waals surface area contributed by atoms with Gasteiger partial charge in [0.1, 0.15) is 11.2 Å². The molecule has 0 atom stereocenters. The number of nitrogens with zero attached hydrogens (tertiary/aromatic N) is 2. The Hall–Kier alpha value is -8.14. The van der Waals surface area contributed by atoms with Crippen molar-refractivity contribution in [3.05, 3.63) is 218 Å². The molecule has 3 heteroatoms. The van der Waals surface area contributed by atoms with Gasteiger partial charge in [-0.05, 0) is 102 Å². The van der Waals surface area contributed by atoms with Crippen LogP contribution >= 0.6 is 0 Å². The van der Waals surface area contributed by atoms with Gasteiger partial charge in [-0.1, -0.05) is 182 Å². The summed E-state index contributed by atoms with van der Waals surface area (Å²) in [5.74, 6) is 0.670. The van der Waals surface area contributed by atoms with Crippen LogP contribution < -0.4 is 0 Å². The van der Waals surface area contributed by atoms with Crippen molar-refractivity contribution in [2.24, 2.45) is 0 Å². The van der Waals surface area contributed by atoms with Gasteiger partial charge in [-0.3, -0.25) is 0 Å². The Balaban J connectivity index is 1.03. The number of hydrogen-bond acceptors (Lipinski definition) is 3. The van der Waals surface area contributed by atoms with E-state index in [0.29, 0.717) is 5.82 Å². The lowest BCUT2D eigenvalue weighted by Gasteiger charge is -2.15. The van der Waals surface area contributed by atoms with Crippen molar-refractivity contribution in [1.82, 2.24) is 9.97 Å². The second-order valence-corrected chi connectivity index (χ2v) is 15.7. The van der Waals surface area contributed by atoms with Gasteiger partial charge in [0, 0.05) is 27.5 Å². The Labute approximate surface area is 352 Å². The topological polar surface area (TPSA) is 38.9 Å². The Kier molecular flexibility index (Phi) is 8.17. The average molecular weight is 777 g/mol. The van der Waals surface area contributed by atoms with Crippen LogP contribution in [0.2, 0.25) is 0 Å². The minimum absolute atomic E-state index is 0.670. The third kappa shape index (κ3) is 6.06. The zero-order chi connectivity index (χ0) is 40.3. The third-order valence-electron chi connectivity index (χ3n) is 12.1. The van der Waals surface area contributed by atoms with Gasteiger partial charge < -0.3 is 4.42 Å². The molecule has 2 aromatic heterocycles. The summed E-state index contributed by atoms with van der Waals surface area (Å²) in [5, 5.41) is 9.65. The highest BCUT2D eigenvalue weighted by molar-refractivity contribution is 6.20. The maximum Gasteiger partial charge on any atom is 0.160 e. The van der Waals surface area contributed by atoms with E-state index in [0.717, 1.165) is 77.8 Å². The Bertz CT molecular complexity index is 3640. The van der Waals surface area contributed by atoms with Crippen LogP contribution in [-0.2, 0) is 0 Å². The monoisotopic (exact) mass is 776 g/mol. The van der Waals surface area contributed by atoms with Crippen molar-refractivity contribution in [2.75, 3.05) is 0 Å². The van der Waals surface area contributed by atoms with Crippen LogP contribution in [0, 0.1) is 0 Å². The van der Waals surface area contributed by atoms with Crippen LogP contribution in [0.25, 0.3) is 122 Å². The summed E-state index contributed by atoms with van der Waals surface area (Å²) in [4.78, 5) is 10.7. The van der Waals surface area contributed by atoms with Crippen LogP contribution in [0.1, 0.15) is 0 Å². The summed E-state index contributed by atoms with van der Waals surface area (Å²) in [5.41, 5.74) is 13.4. The first-order valence-corrected chi connectivity index (χ1v) is 20.7. The van der Waals surface area contributed by atoms with Gasteiger partial charge in [-0.25, -0.2) is 9.97 Å². The molecule has 3 nitrogen and oxygen atoms in total. The molecule has 0 unspecified atom stereocenters. The normalized spacial score (nSPS) is 11.6. The molecule has 61 heavy (non-hydrogen) atoms. The molecule has 0 fully saturated rings. The number of benzene rings is 10. The van der Waals surface area contributed by atoms with Gasteiger partial charge in [0.25, 0.3) is 0 Å². The van der Waals surface area contributed by atoms with Gasteiger partial charge in [0.2, 0.25) is 0 Å². The quantitative estimate of drug-likeness (QED) is 0.125. The van der Waals surface area contributed by atoms with Crippen LogP contribution in [0.15, 0.2) is 223 Å². The molecule has 12 rings (SSSR count). The standard InChI is InChI=1S/C58H36N2O/c1-2-13-37(14-3-1)41-17-12-18-44(33-41)53-36-54(48-22-9-8-20-46(48)43-30-32-56-52(35-43)49-23-10-11-24-55(49)61-56)60-58(59-53)40-27-25-39(26-28-40)57-47-21-7-5-16-42(47)34-51-45-19-6-4-15-38(45)29-31-50(51)57/h1-36H. The van der Waals surface area contributed by atoms with Crippen LogP contribution in [0.4, 0.5) is 0 Å². The Morgan fingerprint density at radius 1 is 0.279 bits per heavy atom. The second-order valence-electron chi connectivity index (χ2n) is 15.7. The van der Waals surface area contributed by atoms with E-state index in [-0.39, 0.29) is 0 Å². The molecule has 12 aromatic rings. The van der Waals surface area contributed by atoms with E-state index in [1.807, 2.05) is 12.1 Å². The van der Waals surface area contributed by atoms with Gasteiger partial charge >= 0.3 is 0 Å². The highest BCUT2D eigenvalue weighted by Gasteiger charge is 2.18. The summed E-state index contributed by atoms with van der Waals surface area (Å²) in [6, 6.07) is 77.6. The van der Waals surface area contributed by atoms with Gasteiger partial charge in [0.15, 0.2) is 5.82 Å². The van der Waals surface area contributed by atoms with Gasteiger partial charge in [0.05, 0.1) is 11.4 Å². The number of aromatic nitrogens is 2. The maximum absolute atomic E-state index is 6.20. The van der Waals surface area contributed by atoms with E-state index in [9.17, 15) is 0 Å². The second kappa shape index (κ2) is 14.3. The fourth-order valence-corrected chi connectivity index (χ4v) is 9.12. The van der Waals surface area contributed by atoms with Crippen LogP contribution in [0.3, 0.4) is 0 Å². The number of hydrogen-bond donors (Lipinski definition) is 0. The molecular formula is C58H36N2O. The molecule has 0 N–H and O–H groups in total. The zero-order valence-electron chi connectivity index (χ0n) is 33.1. The van der Waals surface area contributed by atoms with Gasteiger partial charge in [-0.15, -0.1) is 0 Å². The zero-order valence-corrected chi connectivity index (χ0v) is 33.1. The first-order valence-electron chi connectivity index (χ1n) is 20.7. The molecule has 0 spiro atoms. The molecule has 0 aliphatic heterocycles. The highest BCUT2D eigenvalue weighted by Crippen LogP contribution is 2.41. The lowest BCUT2D eigenvalue weighted by atomic mass is 9.89. The van der Waals surface area contributed by atoms with Crippen molar-refractivity contribution in [3.63, 3.8) is 0 Å². The number of fused-ring (bicyclic) bond motifs is 7. The molecule has 0 bridgehead atoms. The molecule has 0 radical (unpaired) electrons. The molecule has 0 saturated heterocycles. The van der Waals surface area contributed by atoms with Crippen molar-refractivity contribution in [3.8, 4) is 67.3 Å². The van der Waals surface area contributed by atoms with E-state index in [4.69, 9.17) is 14.4 Å².